The SMILES string of the molecule is CC.CC.CC(C)(C)OC(=O)N1CCCC1.CCC. The third kappa shape index (κ3) is 17.3. The first-order chi connectivity index (χ1) is 8.90. The Labute approximate surface area is 121 Å². The number of carbonyl (C=O) groups excluding carboxylic acids is 1. The van der Waals surface area contributed by atoms with Gasteiger partial charge in [0.1, 0.15) is 5.60 Å². The standard InChI is InChI=1S/C9H17NO2.C3H8.2C2H6/c1-9(2,3)12-8(11)10-6-4-5-7-10;1-3-2;2*1-2/h4-7H2,1-3H3;3H2,1-2H3;2*1-2H3. The third-order valence-electron chi connectivity index (χ3n) is 1.76. The number of nitrogens with zero attached hydrogens (tertiary/aromatic N) is 1. The average molecular weight is 275 g/mol. The van der Waals surface area contributed by atoms with Crippen LogP contribution in [0.1, 0.15) is 81.6 Å². The second kappa shape index (κ2) is 15.3. The van der Waals surface area contributed by atoms with Crippen LogP contribution in [-0.2, 0) is 4.74 Å². The number of likely N-dealkylation sites (tertiary alicyclic amines) is 1. The minimum atomic E-state index is -0.361. The van der Waals surface area contributed by atoms with E-state index < -0.39 is 0 Å². The number of rotatable bonds is 0. The molecular formula is C16H37NO2. The van der Waals surface area contributed by atoms with Crippen molar-refractivity contribution in [3.8, 4) is 0 Å². The molecule has 1 heterocycles. The van der Waals surface area contributed by atoms with Crippen molar-refractivity contribution >= 4 is 6.09 Å². The second-order valence-electron chi connectivity index (χ2n) is 4.88. The molecule has 1 aliphatic heterocycles. The highest BCUT2D eigenvalue weighted by molar-refractivity contribution is 5.68. The summed E-state index contributed by atoms with van der Waals surface area (Å²) in [7, 11) is 0. The normalized spacial score (nSPS) is 13.0. The van der Waals surface area contributed by atoms with Gasteiger partial charge in [0.15, 0.2) is 0 Å². The van der Waals surface area contributed by atoms with E-state index in [1.54, 1.807) is 4.90 Å². The average Bonchev–Trinajstić information content (AvgIpc) is 2.87. The predicted octanol–water partition coefficient (Wildman–Crippen LogP) is 5.49. The Morgan fingerprint density at radius 2 is 1.32 bits per heavy atom. The molecule has 0 saturated carbocycles. The molecule has 1 saturated heterocycles. The van der Waals surface area contributed by atoms with Gasteiger partial charge in [-0.05, 0) is 33.6 Å². The number of ether oxygens (including phenoxy) is 1. The Bertz CT molecular complexity index is 180. The number of carbonyl (C=O) groups is 1. The van der Waals surface area contributed by atoms with Gasteiger partial charge in [0.25, 0.3) is 0 Å². The lowest BCUT2D eigenvalue weighted by Gasteiger charge is -2.23. The molecule has 0 N–H and O–H groups in total. The quantitative estimate of drug-likeness (QED) is 0.585. The molecule has 1 aliphatic rings. The number of hydrogen-bond acceptors (Lipinski definition) is 2. The molecule has 118 valence electrons. The van der Waals surface area contributed by atoms with Gasteiger partial charge in [0.2, 0.25) is 0 Å². The maximum Gasteiger partial charge on any atom is 0.410 e. The molecule has 1 amide bonds. The Balaban J connectivity index is -0.000000313. The summed E-state index contributed by atoms with van der Waals surface area (Å²) < 4.78 is 5.21. The van der Waals surface area contributed by atoms with Crippen molar-refractivity contribution in [3.63, 3.8) is 0 Å². The van der Waals surface area contributed by atoms with Crippen LogP contribution in [0.3, 0.4) is 0 Å². The zero-order chi connectivity index (χ0) is 15.9. The Kier molecular flexibility index (Phi) is 18.9. The van der Waals surface area contributed by atoms with Crippen molar-refractivity contribution < 1.29 is 9.53 Å². The van der Waals surface area contributed by atoms with Crippen LogP contribution >= 0.6 is 0 Å². The smallest absolute Gasteiger partial charge is 0.410 e. The highest BCUT2D eigenvalue weighted by Gasteiger charge is 2.23. The van der Waals surface area contributed by atoms with E-state index in [4.69, 9.17) is 4.74 Å². The van der Waals surface area contributed by atoms with Crippen LogP contribution in [0.4, 0.5) is 4.79 Å². The fraction of sp³-hybridized carbons (Fsp3) is 0.938. The fourth-order valence-corrected chi connectivity index (χ4v) is 1.23. The van der Waals surface area contributed by atoms with E-state index in [0.717, 1.165) is 25.9 Å². The molecule has 0 unspecified atom stereocenters. The summed E-state index contributed by atoms with van der Waals surface area (Å²) in [4.78, 5) is 13.1. The molecule has 1 fully saturated rings. The van der Waals surface area contributed by atoms with Gasteiger partial charge in [-0.2, -0.15) is 0 Å². The third-order valence-corrected chi connectivity index (χ3v) is 1.76. The van der Waals surface area contributed by atoms with E-state index in [1.165, 1.54) is 6.42 Å². The van der Waals surface area contributed by atoms with Gasteiger partial charge >= 0.3 is 6.09 Å². The lowest BCUT2D eigenvalue weighted by Crippen LogP contribution is -2.34. The van der Waals surface area contributed by atoms with E-state index in [0.29, 0.717) is 0 Å². The first kappa shape index (κ1) is 23.4. The van der Waals surface area contributed by atoms with Crippen LogP contribution in [0.15, 0.2) is 0 Å². The molecule has 1 rings (SSSR count). The Morgan fingerprint density at radius 1 is 1.00 bits per heavy atom. The molecule has 0 radical (unpaired) electrons. The summed E-state index contributed by atoms with van der Waals surface area (Å²) in [6, 6.07) is 0. The summed E-state index contributed by atoms with van der Waals surface area (Å²) in [5, 5.41) is 0. The van der Waals surface area contributed by atoms with E-state index in [-0.39, 0.29) is 11.7 Å². The van der Waals surface area contributed by atoms with Crippen LogP contribution in [-0.4, -0.2) is 29.7 Å². The van der Waals surface area contributed by atoms with Gasteiger partial charge in [-0.25, -0.2) is 4.79 Å². The summed E-state index contributed by atoms with van der Waals surface area (Å²) >= 11 is 0. The van der Waals surface area contributed by atoms with Gasteiger partial charge in [-0.1, -0.05) is 48.0 Å². The topological polar surface area (TPSA) is 29.5 Å². The summed E-state index contributed by atoms with van der Waals surface area (Å²) in [5.41, 5.74) is -0.361. The zero-order valence-electron chi connectivity index (χ0n) is 14.8. The molecule has 0 bridgehead atoms. The maximum absolute atomic E-state index is 11.4. The lowest BCUT2D eigenvalue weighted by atomic mass is 10.2. The Morgan fingerprint density at radius 3 is 1.58 bits per heavy atom. The summed E-state index contributed by atoms with van der Waals surface area (Å²) in [6.07, 6.45) is 3.30. The van der Waals surface area contributed by atoms with Gasteiger partial charge in [-0.15, -0.1) is 0 Å². The van der Waals surface area contributed by atoms with E-state index >= 15 is 0 Å². The molecule has 3 nitrogen and oxygen atoms in total. The van der Waals surface area contributed by atoms with E-state index in [1.807, 2.05) is 48.5 Å². The maximum atomic E-state index is 11.4. The molecule has 19 heavy (non-hydrogen) atoms. The molecule has 0 aromatic rings. The second-order valence-corrected chi connectivity index (χ2v) is 4.88. The van der Waals surface area contributed by atoms with Crippen LogP contribution in [0, 0.1) is 0 Å². The van der Waals surface area contributed by atoms with Crippen molar-refractivity contribution in [2.24, 2.45) is 0 Å². The minimum absolute atomic E-state index is 0.167. The largest absolute Gasteiger partial charge is 0.444 e. The molecule has 0 spiro atoms. The minimum Gasteiger partial charge on any atom is -0.444 e. The van der Waals surface area contributed by atoms with Gasteiger partial charge in [-0.3, -0.25) is 0 Å². The highest BCUT2D eigenvalue weighted by Crippen LogP contribution is 2.14. The van der Waals surface area contributed by atoms with Crippen molar-refractivity contribution in [2.75, 3.05) is 13.1 Å². The molecule has 0 aliphatic carbocycles. The van der Waals surface area contributed by atoms with Gasteiger partial charge < -0.3 is 9.64 Å². The molecular weight excluding hydrogens is 238 g/mol. The van der Waals surface area contributed by atoms with Gasteiger partial charge in [0.05, 0.1) is 0 Å². The van der Waals surface area contributed by atoms with Crippen LogP contribution < -0.4 is 0 Å². The number of hydrogen-bond donors (Lipinski definition) is 0. The zero-order valence-corrected chi connectivity index (χ0v) is 14.8. The number of amides is 1. The summed E-state index contributed by atoms with van der Waals surface area (Å²) in [5.74, 6) is 0. The van der Waals surface area contributed by atoms with Gasteiger partial charge in [0, 0.05) is 13.1 Å². The van der Waals surface area contributed by atoms with Crippen molar-refractivity contribution in [1.29, 1.82) is 0 Å². The fourth-order valence-electron chi connectivity index (χ4n) is 1.23. The van der Waals surface area contributed by atoms with Crippen LogP contribution in [0.2, 0.25) is 0 Å². The van der Waals surface area contributed by atoms with Crippen molar-refractivity contribution in [1.82, 2.24) is 4.90 Å². The first-order valence-corrected chi connectivity index (χ1v) is 7.88. The summed E-state index contributed by atoms with van der Waals surface area (Å²) in [6.45, 7) is 19.6. The predicted molar refractivity (Wildman–Crippen MR) is 85.7 cm³/mol. The van der Waals surface area contributed by atoms with Crippen molar-refractivity contribution in [3.05, 3.63) is 0 Å². The Hall–Kier alpha value is -0.730. The van der Waals surface area contributed by atoms with E-state index in [2.05, 4.69) is 13.8 Å². The first-order valence-electron chi connectivity index (χ1n) is 7.88. The monoisotopic (exact) mass is 275 g/mol. The van der Waals surface area contributed by atoms with Crippen molar-refractivity contribution in [2.45, 2.75) is 87.2 Å². The molecule has 3 heteroatoms. The van der Waals surface area contributed by atoms with E-state index in [9.17, 15) is 4.79 Å². The van der Waals surface area contributed by atoms with Crippen LogP contribution in [0.25, 0.3) is 0 Å². The van der Waals surface area contributed by atoms with Crippen LogP contribution in [0.5, 0.6) is 0 Å². The molecule has 0 atom stereocenters. The lowest BCUT2D eigenvalue weighted by molar-refractivity contribution is 0.0295. The molecule has 0 aromatic carbocycles. The highest BCUT2D eigenvalue weighted by atomic mass is 16.6. The molecule has 0 aromatic heterocycles.